The Morgan fingerprint density at radius 1 is 0.593 bits per heavy atom. The monoisotopic (exact) mass is 367 g/mol. The van der Waals surface area contributed by atoms with E-state index in [0.29, 0.717) is 0 Å². The number of fused-ring (bicyclic) bond motifs is 3. The lowest BCUT2D eigenvalue weighted by atomic mass is 10.0. The van der Waals surface area contributed by atoms with Gasteiger partial charge >= 0.3 is 0 Å². The molecule has 2 aliphatic carbocycles. The van der Waals surface area contributed by atoms with Gasteiger partial charge in [-0.25, -0.2) is 0 Å². The van der Waals surface area contributed by atoms with Gasteiger partial charge in [0.2, 0.25) is 0 Å². The van der Waals surface area contributed by atoms with Gasteiger partial charge in [0.1, 0.15) is 8.07 Å². The van der Waals surface area contributed by atoms with Crippen LogP contribution in [0.3, 0.4) is 0 Å². The Bertz CT molecular complexity index is 894. The van der Waals surface area contributed by atoms with E-state index in [1.807, 2.05) is 0 Å². The second-order valence-corrected chi connectivity index (χ2v) is 12.7. The Hall–Kier alpha value is -2.12. The van der Waals surface area contributed by atoms with Crippen molar-refractivity contribution in [2.24, 2.45) is 0 Å². The van der Waals surface area contributed by atoms with Crippen molar-refractivity contribution in [2.75, 3.05) is 0 Å². The lowest BCUT2D eigenvalue weighted by Crippen LogP contribution is -2.55. The second-order valence-electron chi connectivity index (χ2n) is 8.37. The summed E-state index contributed by atoms with van der Waals surface area (Å²) in [6.45, 7) is 2.66. The van der Waals surface area contributed by atoms with E-state index in [0.717, 1.165) is 5.54 Å². The van der Waals surface area contributed by atoms with Crippen LogP contribution in [0.15, 0.2) is 78.9 Å². The largest absolute Gasteiger partial charge is 0.103 e. The predicted octanol–water partition coefficient (Wildman–Crippen LogP) is 6.50. The minimum absolute atomic E-state index is 0.836. The third kappa shape index (κ3) is 2.63. The van der Waals surface area contributed by atoms with E-state index in [1.54, 1.807) is 10.7 Å². The van der Waals surface area contributed by atoms with Crippen molar-refractivity contribution in [1.29, 1.82) is 0 Å². The van der Waals surface area contributed by atoms with Crippen LogP contribution in [0.4, 0.5) is 0 Å². The lowest BCUT2D eigenvalue weighted by Gasteiger charge is -2.43. The third-order valence-electron chi connectivity index (χ3n) is 7.00. The number of benzene rings is 3. The Kier molecular flexibility index (Phi) is 4.28. The lowest BCUT2D eigenvalue weighted by molar-refractivity contribution is 0.493. The SMILES string of the molecule is C[Si]([C]1c2ccccc2-c2ccccc21)(c1ccccc1)C1CCCCC1. The van der Waals surface area contributed by atoms with Crippen molar-refractivity contribution < 1.29 is 0 Å². The average Bonchev–Trinajstić information content (AvgIpc) is 3.09. The van der Waals surface area contributed by atoms with Crippen LogP contribution in [0.5, 0.6) is 0 Å². The van der Waals surface area contributed by atoms with Crippen LogP contribution < -0.4 is 5.19 Å². The van der Waals surface area contributed by atoms with Gasteiger partial charge in [-0.2, -0.15) is 0 Å². The van der Waals surface area contributed by atoms with Gasteiger partial charge in [0, 0.05) is 5.54 Å². The van der Waals surface area contributed by atoms with Crippen LogP contribution in [0, 0.1) is 5.54 Å². The van der Waals surface area contributed by atoms with Gasteiger partial charge in [0.25, 0.3) is 0 Å². The molecule has 3 aromatic rings. The molecule has 0 amide bonds. The summed E-state index contributed by atoms with van der Waals surface area (Å²) in [5.41, 5.74) is 8.40. The summed E-state index contributed by atoms with van der Waals surface area (Å²) in [6, 6.07) is 29.7. The third-order valence-corrected chi connectivity index (χ3v) is 12.3. The minimum Gasteiger partial charge on any atom is -0.0641 e. The van der Waals surface area contributed by atoms with Crippen LogP contribution in [-0.4, -0.2) is 8.07 Å². The van der Waals surface area contributed by atoms with Gasteiger partial charge in [-0.1, -0.05) is 123 Å². The molecule has 27 heavy (non-hydrogen) atoms. The second kappa shape index (κ2) is 6.80. The van der Waals surface area contributed by atoms with Crippen molar-refractivity contribution in [1.82, 2.24) is 0 Å². The smallest absolute Gasteiger partial charge is 0.0641 e. The first-order chi connectivity index (χ1) is 13.3. The number of rotatable bonds is 3. The molecule has 2 aliphatic rings. The highest BCUT2D eigenvalue weighted by molar-refractivity contribution is 6.98. The topological polar surface area (TPSA) is 0 Å². The molecule has 0 nitrogen and oxygen atoms in total. The Morgan fingerprint density at radius 3 is 1.63 bits per heavy atom. The minimum atomic E-state index is -1.88. The maximum absolute atomic E-state index is 2.66. The maximum Gasteiger partial charge on any atom is 0.103 e. The quantitative estimate of drug-likeness (QED) is 0.464. The summed E-state index contributed by atoms with van der Waals surface area (Å²) in [5.74, 6) is 0. The summed E-state index contributed by atoms with van der Waals surface area (Å²) in [6.07, 6.45) is 7.00. The number of hydrogen-bond acceptors (Lipinski definition) is 0. The zero-order valence-electron chi connectivity index (χ0n) is 16.1. The fourth-order valence-electron chi connectivity index (χ4n) is 5.63. The van der Waals surface area contributed by atoms with Crippen LogP contribution >= 0.6 is 0 Å². The molecule has 135 valence electrons. The Morgan fingerprint density at radius 2 is 1.07 bits per heavy atom. The van der Waals surface area contributed by atoms with E-state index in [1.165, 1.54) is 54.4 Å². The molecule has 0 saturated heterocycles. The molecule has 5 rings (SSSR count). The van der Waals surface area contributed by atoms with Gasteiger partial charge in [-0.3, -0.25) is 0 Å². The average molecular weight is 368 g/mol. The van der Waals surface area contributed by atoms with Crippen LogP contribution in [0.1, 0.15) is 43.2 Å². The Labute approximate surface area is 164 Å². The molecule has 0 heterocycles. The normalized spacial score (nSPS) is 19.3. The fourth-order valence-corrected chi connectivity index (χ4v) is 10.8. The van der Waals surface area contributed by atoms with E-state index in [2.05, 4.69) is 85.4 Å². The highest BCUT2D eigenvalue weighted by Crippen LogP contribution is 2.53. The van der Waals surface area contributed by atoms with E-state index in [-0.39, 0.29) is 0 Å². The summed E-state index contributed by atoms with van der Waals surface area (Å²) in [7, 11) is -1.88. The summed E-state index contributed by atoms with van der Waals surface area (Å²) in [4.78, 5) is 0. The van der Waals surface area contributed by atoms with Gasteiger partial charge < -0.3 is 0 Å². The molecule has 0 bridgehead atoms. The van der Waals surface area contributed by atoms with Crippen LogP contribution in [-0.2, 0) is 0 Å². The molecule has 1 unspecified atom stereocenters. The molecule has 1 atom stereocenters. The van der Waals surface area contributed by atoms with Crippen molar-refractivity contribution in [3.8, 4) is 11.1 Å². The number of hydrogen-bond donors (Lipinski definition) is 0. The van der Waals surface area contributed by atoms with Gasteiger partial charge in [0.05, 0.1) is 0 Å². The molecule has 0 aromatic heterocycles. The standard InChI is InChI=1S/C26H27Si/c1-27(20-12-4-2-5-13-20,21-14-6-3-7-15-21)26-24-18-10-8-16-22(24)23-17-9-11-19-25(23)26/h2,4-5,8-13,16-19,21H,3,6-7,14-15H2,1H3. The molecule has 3 aromatic carbocycles. The zero-order chi connectivity index (χ0) is 18.3. The van der Waals surface area contributed by atoms with E-state index in [9.17, 15) is 0 Å². The van der Waals surface area contributed by atoms with Crippen molar-refractivity contribution in [2.45, 2.75) is 44.2 Å². The van der Waals surface area contributed by atoms with Gasteiger partial charge in [-0.05, 0) is 27.8 Å². The van der Waals surface area contributed by atoms with Crippen molar-refractivity contribution >= 4 is 13.3 Å². The molecule has 0 spiro atoms. The van der Waals surface area contributed by atoms with E-state index >= 15 is 0 Å². The molecular weight excluding hydrogens is 340 g/mol. The van der Waals surface area contributed by atoms with E-state index in [4.69, 9.17) is 0 Å². The molecule has 1 radical (unpaired) electrons. The first-order valence-electron chi connectivity index (χ1n) is 10.4. The van der Waals surface area contributed by atoms with Crippen molar-refractivity contribution in [3.05, 3.63) is 95.5 Å². The first-order valence-corrected chi connectivity index (χ1v) is 13.0. The zero-order valence-corrected chi connectivity index (χ0v) is 17.1. The van der Waals surface area contributed by atoms with Crippen LogP contribution in [0.2, 0.25) is 12.1 Å². The maximum atomic E-state index is 2.66. The van der Waals surface area contributed by atoms with Gasteiger partial charge in [0.15, 0.2) is 0 Å². The predicted molar refractivity (Wildman–Crippen MR) is 118 cm³/mol. The molecular formula is C26H27Si. The highest BCUT2D eigenvalue weighted by Gasteiger charge is 2.50. The summed E-state index contributed by atoms with van der Waals surface area (Å²) in [5, 5.41) is 1.61. The summed E-state index contributed by atoms with van der Waals surface area (Å²) < 4.78 is 0. The Balaban J connectivity index is 1.75. The molecule has 1 fully saturated rings. The van der Waals surface area contributed by atoms with Crippen molar-refractivity contribution in [3.63, 3.8) is 0 Å². The van der Waals surface area contributed by atoms with E-state index < -0.39 is 8.07 Å². The fraction of sp³-hybridized carbons (Fsp3) is 0.269. The van der Waals surface area contributed by atoms with Crippen LogP contribution in [0.25, 0.3) is 11.1 Å². The highest BCUT2D eigenvalue weighted by atomic mass is 28.3. The van der Waals surface area contributed by atoms with Gasteiger partial charge in [-0.15, -0.1) is 0 Å². The molecule has 0 N–H and O–H groups in total. The molecule has 1 heteroatoms. The molecule has 0 aliphatic heterocycles. The summed E-state index contributed by atoms with van der Waals surface area (Å²) >= 11 is 0. The first kappa shape index (κ1) is 17.0. The molecule has 1 saturated carbocycles.